The molecule has 18 nitrogen and oxygen atoms in total. The molecule has 244 valence electrons. The van der Waals surface area contributed by atoms with Gasteiger partial charge in [-0.1, -0.05) is 12.1 Å². The molecule has 0 aliphatic heterocycles. The number of aliphatic imine (C=N–C) groups is 2. The van der Waals surface area contributed by atoms with Gasteiger partial charge in [-0.05, 0) is 49.8 Å². The van der Waals surface area contributed by atoms with Gasteiger partial charge in [-0.15, -0.1) is 0 Å². The van der Waals surface area contributed by atoms with Gasteiger partial charge in [0.1, 0.15) is 23.9 Å². The van der Waals surface area contributed by atoms with Gasteiger partial charge >= 0.3 is 5.97 Å². The summed E-state index contributed by atoms with van der Waals surface area (Å²) in [7, 11) is 0. The highest BCUT2D eigenvalue weighted by Gasteiger charge is 2.30. The average Bonchev–Trinajstić information content (AvgIpc) is 2.94. The molecule has 0 aromatic heterocycles. The number of nitrogens with zero attached hydrogens (tertiary/aromatic N) is 2. The fourth-order valence-corrected chi connectivity index (χ4v) is 3.87. The number of nitrogens with two attached hydrogens (primary N) is 6. The first-order chi connectivity index (χ1) is 20.7. The minimum Gasteiger partial charge on any atom is -0.508 e. The second-order valence-corrected chi connectivity index (χ2v) is 9.90. The molecular weight excluding hydrogens is 578 g/mol. The molecule has 18 heteroatoms. The Labute approximate surface area is 254 Å². The molecule has 0 saturated heterocycles. The molecule has 4 unspecified atom stereocenters. The standard InChI is InChI=1S/C26H43N11O7/c27-16(3-1-11-33-25(29)30)21(40)35-17(4-2-12-34-26(31)32)22(41)37-19(13-14-5-7-15(38)8-6-14)23(42)36-18(24(43)44)9-10-20(28)39/h5-8,16-19,38H,1-4,9-13,27H2,(H2,28,39)(H,35,40)(H,36,42)(H,37,41)(H,43,44)(H4,29,30,33)(H4,31,32,34). The van der Waals surface area contributed by atoms with E-state index >= 15 is 0 Å². The third-order valence-electron chi connectivity index (χ3n) is 6.19. The summed E-state index contributed by atoms with van der Waals surface area (Å²) in [6, 6.07) is 0.795. The number of amides is 4. The van der Waals surface area contributed by atoms with Crippen molar-refractivity contribution < 1.29 is 34.2 Å². The molecule has 0 aliphatic rings. The molecule has 17 N–H and O–H groups in total. The van der Waals surface area contributed by atoms with Crippen molar-refractivity contribution in [2.24, 2.45) is 44.4 Å². The van der Waals surface area contributed by atoms with Crippen LogP contribution < -0.4 is 50.4 Å². The predicted octanol–water partition coefficient (Wildman–Crippen LogP) is -3.83. The zero-order valence-electron chi connectivity index (χ0n) is 24.3. The number of benzene rings is 1. The number of hydrogen-bond donors (Lipinski definition) is 11. The van der Waals surface area contributed by atoms with Gasteiger partial charge in [-0.25, -0.2) is 4.79 Å². The third kappa shape index (κ3) is 15.2. The number of hydrogen-bond acceptors (Lipinski definition) is 9. The molecule has 44 heavy (non-hydrogen) atoms. The summed E-state index contributed by atoms with van der Waals surface area (Å²) in [4.78, 5) is 70.1. The van der Waals surface area contributed by atoms with Crippen molar-refractivity contribution in [2.45, 2.75) is 69.1 Å². The molecule has 0 bridgehead atoms. The summed E-state index contributed by atoms with van der Waals surface area (Å²) >= 11 is 0. The highest BCUT2D eigenvalue weighted by molar-refractivity contribution is 5.94. The summed E-state index contributed by atoms with van der Waals surface area (Å²) in [6.45, 7) is 0.390. The van der Waals surface area contributed by atoms with E-state index in [0.717, 1.165) is 0 Å². The smallest absolute Gasteiger partial charge is 0.326 e. The Morgan fingerprint density at radius 1 is 0.705 bits per heavy atom. The summed E-state index contributed by atoms with van der Waals surface area (Å²) in [6.07, 6.45) is 0.224. The van der Waals surface area contributed by atoms with Crippen LogP contribution in [0.4, 0.5) is 0 Å². The molecule has 1 rings (SSSR count). The number of carbonyl (C=O) groups is 5. The zero-order valence-corrected chi connectivity index (χ0v) is 24.3. The van der Waals surface area contributed by atoms with Crippen LogP contribution in [0.1, 0.15) is 44.1 Å². The molecule has 0 heterocycles. The number of nitrogens with one attached hydrogen (secondary N) is 3. The van der Waals surface area contributed by atoms with Gasteiger partial charge in [0.05, 0.1) is 6.04 Å². The minimum atomic E-state index is -1.47. The summed E-state index contributed by atoms with van der Waals surface area (Å²) < 4.78 is 0. The van der Waals surface area contributed by atoms with Crippen LogP contribution in [0, 0.1) is 0 Å². The monoisotopic (exact) mass is 621 g/mol. The molecular formula is C26H43N11O7. The normalized spacial score (nSPS) is 13.3. The van der Waals surface area contributed by atoms with Gasteiger partial charge in [0.2, 0.25) is 23.6 Å². The van der Waals surface area contributed by atoms with E-state index in [9.17, 15) is 34.2 Å². The second-order valence-electron chi connectivity index (χ2n) is 9.90. The van der Waals surface area contributed by atoms with Crippen molar-refractivity contribution in [3.63, 3.8) is 0 Å². The van der Waals surface area contributed by atoms with Crippen LogP contribution in [0.2, 0.25) is 0 Å². The molecule has 0 fully saturated rings. The van der Waals surface area contributed by atoms with E-state index in [1.165, 1.54) is 24.3 Å². The van der Waals surface area contributed by atoms with Gasteiger partial charge in [-0.3, -0.25) is 29.2 Å². The van der Waals surface area contributed by atoms with E-state index in [1.807, 2.05) is 0 Å². The van der Waals surface area contributed by atoms with Crippen molar-refractivity contribution in [3.8, 4) is 5.75 Å². The van der Waals surface area contributed by atoms with Crippen LogP contribution in [0.15, 0.2) is 34.3 Å². The number of carboxylic acid groups (broad SMARTS) is 1. The van der Waals surface area contributed by atoms with Gasteiger partial charge in [-0.2, -0.15) is 0 Å². The van der Waals surface area contributed by atoms with Crippen molar-refractivity contribution in [1.82, 2.24) is 16.0 Å². The maximum atomic E-state index is 13.5. The Hall–Kier alpha value is -5.13. The van der Waals surface area contributed by atoms with Gasteiger partial charge in [0.15, 0.2) is 11.9 Å². The summed E-state index contributed by atoms with van der Waals surface area (Å²) in [5.41, 5.74) is 32.9. The molecule has 4 amide bonds. The quantitative estimate of drug-likeness (QED) is 0.0379. The summed E-state index contributed by atoms with van der Waals surface area (Å²) in [5, 5.41) is 26.6. The van der Waals surface area contributed by atoms with Crippen LogP contribution in [0.3, 0.4) is 0 Å². The Morgan fingerprint density at radius 2 is 1.20 bits per heavy atom. The second kappa shape index (κ2) is 19.1. The molecule has 0 aliphatic carbocycles. The number of aromatic hydroxyl groups is 1. The Balaban J connectivity index is 3.17. The van der Waals surface area contributed by atoms with E-state index in [0.29, 0.717) is 12.0 Å². The Kier molecular flexibility index (Phi) is 16.0. The van der Waals surface area contributed by atoms with E-state index in [-0.39, 0.29) is 69.3 Å². The lowest BCUT2D eigenvalue weighted by Gasteiger charge is -2.25. The van der Waals surface area contributed by atoms with E-state index in [2.05, 4.69) is 25.9 Å². The highest BCUT2D eigenvalue weighted by Crippen LogP contribution is 2.12. The number of carbonyl (C=O) groups excluding carboxylic acids is 4. The first-order valence-electron chi connectivity index (χ1n) is 13.8. The lowest BCUT2D eigenvalue weighted by atomic mass is 10.0. The molecule has 4 atom stereocenters. The lowest BCUT2D eigenvalue weighted by molar-refractivity contribution is -0.142. The summed E-state index contributed by atoms with van der Waals surface area (Å²) in [5.74, 6) is -4.74. The predicted molar refractivity (Wildman–Crippen MR) is 161 cm³/mol. The zero-order chi connectivity index (χ0) is 33.2. The van der Waals surface area contributed by atoms with Crippen molar-refractivity contribution in [3.05, 3.63) is 29.8 Å². The van der Waals surface area contributed by atoms with Crippen molar-refractivity contribution >= 4 is 41.5 Å². The number of phenols is 1. The molecule has 1 aromatic rings. The maximum Gasteiger partial charge on any atom is 0.326 e. The number of aliphatic carboxylic acids is 1. The minimum absolute atomic E-state index is 0.0330. The number of phenolic OH excluding ortho intramolecular Hbond substituents is 1. The van der Waals surface area contributed by atoms with Crippen LogP contribution >= 0.6 is 0 Å². The van der Waals surface area contributed by atoms with E-state index in [1.54, 1.807) is 0 Å². The van der Waals surface area contributed by atoms with Crippen LogP contribution in [0.25, 0.3) is 0 Å². The van der Waals surface area contributed by atoms with E-state index < -0.39 is 53.8 Å². The number of primary amides is 1. The maximum absolute atomic E-state index is 13.5. The molecule has 0 saturated carbocycles. The van der Waals surface area contributed by atoms with Crippen molar-refractivity contribution in [1.29, 1.82) is 0 Å². The largest absolute Gasteiger partial charge is 0.508 e. The molecule has 0 radical (unpaired) electrons. The van der Waals surface area contributed by atoms with Crippen molar-refractivity contribution in [2.75, 3.05) is 13.1 Å². The van der Waals surface area contributed by atoms with Crippen LogP contribution in [-0.2, 0) is 30.4 Å². The van der Waals surface area contributed by atoms with Crippen LogP contribution in [0.5, 0.6) is 5.75 Å². The topological polar surface area (TPSA) is 343 Å². The number of guanidine groups is 2. The Morgan fingerprint density at radius 3 is 1.73 bits per heavy atom. The molecule has 1 aromatic carbocycles. The average molecular weight is 622 g/mol. The fraction of sp³-hybridized carbons (Fsp3) is 0.500. The fourth-order valence-electron chi connectivity index (χ4n) is 3.87. The SMILES string of the molecule is NC(=O)CCC(NC(=O)C(Cc1ccc(O)cc1)NC(=O)C(CCCN=C(N)N)NC(=O)C(N)CCCN=C(N)N)C(=O)O. The van der Waals surface area contributed by atoms with E-state index in [4.69, 9.17) is 34.4 Å². The first kappa shape index (κ1) is 36.9. The van der Waals surface area contributed by atoms with Crippen LogP contribution in [-0.4, -0.2) is 89.0 Å². The Bertz CT molecular complexity index is 1180. The lowest BCUT2D eigenvalue weighted by Crippen LogP contribution is -2.57. The number of carboxylic acids is 1. The first-order valence-corrected chi connectivity index (χ1v) is 13.8. The third-order valence-corrected chi connectivity index (χ3v) is 6.19. The highest BCUT2D eigenvalue weighted by atomic mass is 16.4. The van der Waals surface area contributed by atoms with Gasteiger partial charge in [0, 0.05) is 25.9 Å². The van der Waals surface area contributed by atoms with Gasteiger partial charge < -0.3 is 60.6 Å². The molecule has 0 spiro atoms. The van der Waals surface area contributed by atoms with Gasteiger partial charge in [0.25, 0.3) is 0 Å². The number of rotatable bonds is 20.